The lowest BCUT2D eigenvalue weighted by Crippen LogP contribution is -2.27. The molecule has 1 rings (SSSR count). The number of hydrogen-bond donors (Lipinski definition) is 3. The zero-order chi connectivity index (χ0) is 13.7. The molecule has 5 nitrogen and oxygen atoms in total. The molecule has 0 saturated carbocycles. The van der Waals surface area contributed by atoms with Crippen molar-refractivity contribution >= 4 is 35.6 Å². The largest absolute Gasteiger partial charge is 0.330 e. The predicted molar refractivity (Wildman–Crippen MR) is 79.6 cm³/mol. The Bertz CT molecular complexity index is 463. The minimum atomic E-state index is -0.268. The average Bonchev–Trinajstić information content (AvgIpc) is 2.31. The highest BCUT2D eigenvalue weighted by Crippen LogP contribution is 2.23. The van der Waals surface area contributed by atoms with Gasteiger partial charge in [0.15, 0.2) is 0 Å². The van der Waals surface area contributed by atoms with Crippen LogP contribution in [0, 0.1) is 12.8 Å². The summed E-state index contributed by atoms with van der Waals surface area (Å²) in [6.07, 6.45) is 0. The lowest BCUT2D eigenvalue weighted by Gasteiger charge is -2.14. The van der Waals surface area contributed by atoms with Gasteiger partial charge < -0.3 is 16.4 Å². The van der Waals surface area contributed by atoms with Crippen LogP contribution in [0.15, 0.2) is 18.2 Å². The van der Waals surface area contributed by atoms with Crippen molar-refractivity contribution < 1.29 is 9.59 Å². The maximum atomic E-state index is 11.8. The van der Waals surface area contributed by atoms with E-state index < -0.39 is 0 Å². The lowest BCUT2D eigenvalue weighted by molar-refractivity contribution is -0.119. The highest BCUT2D eigenvalue weighted by molar-refractivity contribution is 5.99. The van der Waals surface area contributed by atoms with E-state index in [1.807, 2.05) is 19.1 Å². The number of benzene rings is 1. The van der Waals surface area contributed by atoms with Gasteiger partial charge in [-0.3, -0.25) is 9.59 Å². The Balaban J connectivity index is 0.00000324. The van der Waals surface area contributed by atoms with Crippen LogP contribution in [-0.2, 0) is 9.59 Å². The van der Waals surface area contributed by atoms with Crippen molar-refractivity contribution in [2.75, 3.05) is 17.2 Å². The Kier molecular flexibility index (Phi) is 7.11. The van der Waals surface area contributed by atoms with E-state index in [0.717, 1.165) is 5.56 Å². The first-order valence-electron chi connectivity index (χ1n) is 5.83. The van der Waals surface area contributed by atoms with E-state index in [2.05, 4.69) is 10.6 Å². The molecule has 0 aliphatic rings. The molecule has 0 aromatic heterocycles. The number of carbonyl (C=O) groups excluding carboxylic acids is 2. The highest BCUT2D eigenvalue weighted by atomic mass is 35.5. The van der Waals surface area contributed by atoms with Crippen molar-refractivity contribution in [3.63, 3.8) is 0 Å². The summed E-state index contributed by atoms with van der Waals surface area (Å²) in [5, 5.41) is 5.45. The molecule has 0 spiro atoms. The molecule has 0 aliphatic heterocycles. The summed E-state index contributed by atoms with van der Waals surface area (Å²) < 4.78 is 0. The predicted octanol–water partition coefficient (Wildman–Crippen LogP) is 1.91. The summed E-state index contributed by atoms with van der Waals surface area (Å²) in [6, 6.07) is 5.44. The van der Waals surface area contributed by atoms with E-state index >= 15 is 0 Å². The zero-order valence-corrected chi connectivity index (χ0v) is 12.1. The summed E-state index contributed by atoms with van der Waals surface area (Å²) in [4.78, 5) is 22.9. The first kappa shape index (κ1) is 17.4. The minimum Gasteiger partial charge on any atom is -0.330 e. The van der Waals surface area contributed by atoms with E-state index in [4.69, 9.17) is 5.73 Å². The molecule has 1 aromatic rings. The van der Waals surface area contributed by atoms with Crippen LogP contribution in [0.2, 0.25) is 0 Å². The molecule has 0 saturated heterocycles. The number of aryl methyl sites for hydroxylation is 1. The maximum Gasteiger partial charge on any atom is 0.228 e. The van der Waals surface area contributed by atoms with Gasteiger partial charge in [0.05, 0.1) is 11.4 Å². The van der Waals surface area contributed by atoms with E-state index in [1.54, 1.807) is 13.0 Å². The number of nitrogens with one attached hydrogen (secondary N) is 2. The molecule has 19 heavy (non-hydrogen) atoms. The average molecular weight is 286 g/mol. The molecule has 106 valence electrons. The molecule has 0 fully saturated rings. The van der Waals surface area contributed by atoms with Crippen LogP contribution >= 0.6 is 12.4 Å². The third-order valence-electron chi connectivity index (χ3n) is 2.54. The van der Waals surface area contributed by atoms with E-state index in [0.29, 0.717) is 11.4 Å². The van der Waals surface area contributed by atoms with Crippen molar-refractivity contribution in [3.8, 4) is 0 Å². The van der Waals surface area contributed by atoms with Crippen molar-refractivity contribution in [3.05, 3.63) is 23.8 Å². The number of rotatable bonds is 4. The number of hydrogen-bond acceptors (Lipinski definition) is 3. The zero-order valence-electron chi connectivity index (χ0n) is 11.3. The lowest BCUT2D eigenvalue weighted by atomic mass is 10.1. The highest BCUT2D eigenvalue weighted by Gasteiger charge is 2.13. The van der Waals surface area contributed by atoms with Crippen LogP contribution in [0.4, 0.5) is 11.4 Å². The van der Waals surface area contributed by atoms with Crippen molar-refractivity contribution in [2.24, 2.45) is 11.7 Å². The molecule has 1 unspecified atom stereocenters. The van der Waals surface area contributed by atoms with Crippen LogP contribution in [0.1, 0.15) is 19.4 Å². The Morgan fingerprint density at radius 1 is 1.26 bits per heavy atom. The monoisotopic (exact) mass is 285 g/mol. The van der Waals surface area contributed by atoms with Crippen LogP contribution in [0.3, 0.4) is 0 Å². The van der Waals surface area contributed by atoms with Gasteiger partial charge in [0.25, 0.3) is 0 Å². The van der Waals surface area contributed by atoms with E-state index in [1.165, 1.54) is 6.92 Å². The first-order chi connectivity index (χ1) is 8.43. The van der Waals surface area contributed by atoms with Gasteiger partial charge in [-0.2, -0.15) is 0 Å². The molecule has 0 aliphatic carbocycles. The SMILES string of the molecule is CC(=O)Nc1ccc(C)cc1NC(=O)C(C)CN.Cl. The second kappa shape index (κ2) is 7.76. The second-order valence-electron chi connectivity index (χ2n) is 4.36. The first-order valence-corrected chi connectivity index (χ1v) is 5.83. The summed E-state index contributed by atoms with van der Waals surface area (Å²) in [5.74, 6) is -0.605. The van der Waals surface area contributed by atoms with Crippen LogP contribution in [-0.4, -0.2) is 18.4 Å². The molecule has 2 amide bonds. The number of nitrogens with two attached hydrogens (primary N) is 1. The Labute approximate surface area is 119 Å². The topological polar surface area (TPSA) is 84.2 Å². The molecule has 4 N–H and O–H groups in total. The normalized spacial score (nSPS) is 11.2. The summed E-state index contributed by atoms with van der Waals surface area (Å²) in [7, 11) is 0. The summed E-state index contributed by atoms with van der Waals surface area (Å²) >= 11 is 0. The maximum absolute atomic E-state index is 11.8. The standard InChI is InChI=1S/C13H19N3O2.ClH/c1-8-4-5-11(15-10(3)17)12(6-8)16-13(18)9(2)7-14;/h4-6,9H,7,14H2,1-3H3,(H,15,17)(H,16,18);1H. The molecule has 0 bridgehead atoms. The van der Waals surface area contributed by atoms with Gasteiger partial charge in [0.1, 0.15) is 0 Å². The van der Waals surface area contributed by atoms with Crippen LogP contribution in [0.5, 0.6) is 0 Å². The van der Waals surface area contributed by atoms with Crippen molar-refractivity contribution in [1.82, 2.24) is 0 Å². The fourth-order valence-electron chi connectivity index (χ4n) is 1.42. The Morgan fingerprint density at radius 2 is 1.89 bits per heavy atom. The molecule has 0 radical (unpaired) electrons. The Hall–Kier alpha value is -1.59. The van der Waals surface area contributed by atoms with Gasteiger partial charge in [-0.15, -0.1) is 12.4 Å². The van der Waals surface area contributed by atoms with E-state index in [9.17, 15) is 9.59 Å². The molecule has 1 atom stereocenters. The number of carbonyl (C=O) groups is 2. The Morgan fingerprint density at radius 3 is 2.42 bits per heavy atom. The van der Waals surface area contributed by atoms with Gasteiger partial charge in [-0.1, -0.05) is 13.0 Å². The third kappa shape index (κ3) is 5.28. The van der Waals surface area contributed by atoms with Gasteiger partial charge in [0.2, 0.25) is 11.8 Å². The molecular weight excluding hydrogens is 266 g/mol. The van der Waals surface area contributed by atoms with Gasteiger partial charge in [0, 0.05) is 19.4 Å². The minimum absolute atomic E-state index is 0. The fraction of sp³-hybridized carbons (Fsp3) is 0.385. The molecule has 6 heteroatoms. The van der Waals surface area contributed by atoms with Gasteiger partial charge in [-0.25, -0.2) is 0 Å². The number of halogens is 1. The fourth-order valence-corrected chi connectivity index (χ4v) is 1.42. The molecular formula is C13H20ClN3O2. The summed E-state index contributed by atoms with van der Waals surface area (Å²) in [5.41, 5.74) is 7.63. The van der Waals surface area contributed by atoms with Crippen LogP contribution < -0.4 is 16.4 Å². The second-order valence-corrected chi connectivity index (χ2v) is 4.36. The van der Waals surface area contributed by atoms with Crippen molar-refractivity contribution in [1.29, 1.82) is 0 Å². The third-order valence-corrected chi connectivity index (χ3v) is 2.54. The van der Waals surface area contributed by atoms with Crippen LogP contribution in [0.25, 0.3) is 0 Å². The molecule has 1 aromatic carbocycles. The van der Waals surface area contributed by atoms with Gasteiger partial charge in [-0.05, 0) is 24.6 Å². The number of amides is 2. The quantitative estimate of drug-likeness (QED) is 0.790. The van der Waals surface area contributed by atoms with Crippen molar-refractivity contribution in [2.45, 2.75) is 20.8 Å². The smallest absolute Gasteiger partial charge is 0.228 e. The summed E-state index contributed by atoms with van der Waals surface area (Å²) in [6.45, 7) is 5.38. The molecule has 0 heterocycles. The number of anilines is 2. The van der Waals surface area contributed by atoms with E-state index in [-0.39, 0.29) is 36.7 Å². The van der Waals surface area contributed by atoms with Gasteiger partial charge >= 0.3 is 0 Å².